The summed E-state index contributed by atoms with van der Waals surface area (Å²) in [6, 6.07) is 10.9. The molecular weight excluding hydrogens is 339 g/mol. The maximum absolute atomic E-state index is 12.5. The Morgan fingerprint density at radius 1 is 1.30 bits per heavy atom. The first-order valence-electron chi connectivity index (χ1n) is 6.68. The van der Waals surface area contributed by atoms with Crippen LogP contribution in [0.5, 0.6) is 0 Å². The summed E-state index contributed by atoms with van der Waals surface area (Å²) in [4.78, 5) is 25.9. The molecule has 0 bridgehead atoms. The molecule has 0 fully saturated rings. The van der Waals surface area contributed by atoms with Crippen LogP contribution in [0.2, 0.25) is 10.0 Å². The number of amides is 1. The van der Waals surface area contributed by atoms with Gasteiger partial charge in [-0.05, 0) is 12.1 Å². The summed E-state index contributed by atoms with van der Waals surface area (Å²) >= 11 is 11.5. The molecule has 8 heteroatoms. The molecule has 0 N–H and O–H groups in total. The Kier molecular flexibility index (Phi) is 5.74. The fourth-order valence-electron chi connectivity index (χ4n) is 1.94. The molecule has 118 valence electrons. The van der Waals surface area contributed by atoms with E-state index < -0.39 is 5.56 Å². The van der Waals surface area contributed by atoms with Crippen LogP contribution in [-0.4, -0.2) is 22.2 Å². The molecule has 1 heterocycles. The first kappa shape index (κ1) is 17.0. The summed E-state index contributed by atoms with van der Waals surface area (Å²) in [7, 11) is 0. The molecule has 0 aliphatic carbocycles. The number of hydrogen-bond donors (Lipinski definition) is 0. The van der Waals surface area contributed by atoms with Crippen LogP contribution in [0.4, 0.5) is 5.69 Å². The van der Waals surface area contributed by atoms with E-state index in [0.717, 1.165) is 4.68 Å². The Balaban J connectivity index is 2.27. The van der Waals surface area contributed by atoms with Gasteiger partial charge in [-0.2, -0.15) is 10.4 Å². The highest BCUT2D eigenvalue weighted by atomic mass is 35.5. The van der Waals surface area contributed by atoms with Gasteiger partial charge in [-0.15, -0.1) is 0 Å². The molecular formula is C15H12Cl2N4O2. The van der Waals surface area contributed by atoms with E-state index in [9.17, 15) is 9.59 Å². The number of aromatic nitrogens is 2. The summed E-state index contributed by atoms with van der Waals surface area (Å²) in [5.41, 5.74) is 0.00155. The van der Waals surface area contributed by atoms with Gasteiger partial charge in [-0.1, -0.05) is 41.4 Å². The van der Waals surface area contributed by atoms with Gasteiger partial charge in [0.25, 0.3) is 5.56 Å². The van der Waals surface area contributed by atoms with Gasteiger partial charge in [0.2, 0.25) is 5.91 Å². The largest absolute Gasteiger partial charge is 0.310 e. The lowest BCUT2D eigenvalue weighted by Gasteiger charge is -2.22. The average molecular weight is 351 g/mol. The Labute approximate surface area is 142 Å². The number of nitriles is 1. The number of halogens is 2. The molecule has 0 aliphatic heterocycles. The minimum Gasteiger partial charge on any atom is -0.310 e. The summed E-state index contributed by atoms with van der Waals surface area (Å²) in [6.45, 7) is -0.0779. The molecule has 1 amide bonds. The predicted octanol–water partition coefficient (Wildman–Crippen LogP) is 2.50. The Hall–Kier alpha value is -2.36. The molecule has 6 nitrogen and oxygen atoms in total. The maximum Gasteiger partial charge on any atom is 0.287 e. The van der Waals surface area contributed by atoms with Crippen LogP contribution in [-0.2, 0) is 11.3 Å². The molecule has 0 saturated heterocycles. The van der Waals surface area contributed by atoms with Crippen molar-refractivity contribution in [3.8, 4) is 6.07 Å². The standard InChI is InChI=1S/C15H12Cl2N4O2/c16-12-9-19-21(15(23)14(12)17)10-13(22)20(8-4-7-18)11-5-2-1-3-6-11/h1-3,5-6,9H,4,8,10H2. The summed E-state index contributed by atoms with van der Waals surface area (Å²) in [6.07, 6.45) is 1.38. The monoisotopic (exact) mass is 350 g/mol. The fraction of sp³-hybridized carbons (Fsp3) is 0.200. The quantitative estimate of drug-likeness (QED) is 0.829. The van der Waals surface area contributed by atoms with Crippen LogP contribution < -0.4 is 10.5 Å². The van der Waals surface area contributed by atoms with E-state index in [0.29, 0.717) is 5.69 Å². The molecule has 2 aromatic rings. The number of hydrogen-bond acceptors (Lipinski definition) is 4. The zero-order valence-electron chi connectivity index (χ0n) is 11.9. The second-order valence-corrected chi connectivity index (χ2v) is 5.34. The molecule has 23 heavy (non-hydrogen) atoms. The van der Waals surface area contributed by atoms with Crippen molar-refractivity contribution in [2.45, 2.75) is 13.0 Å². The molecule has 0 atom stereocenters. The number of benzene rings is 1. The van der Waals surface area contributed by atoms with Gasteiger partial charge >= 0.3 is 0 Å². The highest BCUT2D eigenvalue weighted by molar-refractivity contribution is 6.41. The lowest BCUT2D eigenvalue weighted by atomic mass is 10.2. The van der Waals surface area contributed by atoms with E-state index in [1.54, 1.807) is 24.3 Å². The lowest BCUT2D eigenvalue weighted by molar-refractivity contribution is -0.119. The number of carbonyl (C=O) groups excluding carboxylic acids is 1. The van der Waals surface area contributed by atoms with Crippen LogP contribution in [0.25, 0.3) is 0 Å². The third kappa shape index (κ3) is 4.09. The second kappa shape index (κ2) is 7.77. The smallest absolute Gasteiger partial charge is 0.287 e. The van der Waals surface area contributed by atoms with Crippen molar-refractivity contribution in [2.75, 3.05) is 11.4 Å². The average Bonchev–Trinajstić information content (AvgIpc) is 2.57. The highest BCUT2D eigenvalue weighted by Crippen LogP contribution is 2.16. The summed E-state index contributed by atoms with van der Waals surface area (Å²) < 4.78 is 0.943. The first-order valence-corrected chi connectivity index (χ1v) is 7.43. The van der Waals surface area contributed by atoms with Crippen molar-refractivity contribution in [3.63, 3.8) is 0 Å². The van der Waals surface area contributed by atoms with E-state index >= 15 is 0 Å². The number of carbonyl (C=O) groups is 1. The molecule has 0 radical (unpaired) electrons. The van der Waals surface area contributed by atoms with Crippen molar-refractivity contribution in [3.05, 3.63) is 56.9 Å². The highest BCUT2D eigenvalue weighted by Gasteiger charge is 2.18. The zero-order chi connectivity index (χ0) is 16.8. The number of nitrogens with zero attached hydrogens (tertiary/aromatic N) is 4. The fourth-order valence-corrected chi connectivity index (χ4v) is 2.21. The van der Waals surface area contributed by atoms with Crippen molar-refractivity contribution in [2.24, 2.45) is 0 Å². The van der Waals surface area contributed by atoms with Crippen LogP contribution in [0.3, 0.4) is 0 Å². The van der Waals surface area contributed by atoms with E-state index in [2.05, 4.69) is 5.10 Å². The van der Waals surface area contributed by atoms with Gasteiger partial charge in [0.15, 0.2) is 0 Å². The summed E-state index contributed by atoms with van der Waals surface area (Å²) in [5, 5.41) is 12.4. The molecule has 1 aromatic carbocycles. The molecule has 0 unspecified atom stereocenters. The van der Waals surface area contributed by atoms with Gasteiger partial charge in [0.05, 0.1) is 23.7 Å². The van der Waals surface area contributed by atoms with Gasteiger partial charge in [-0.25, -0.2) is 4.68 Å². The predicted molar refractivity (Wildman–Crippen MR) is 87.5 cm³/mol. The minimum atomic E-state index is -0.638. The van der Waals surface area contributed by atoms with E-state index in [-0.39, 0.29) is 35.5 Å². The third-order valence-electron chi connectivity index (χ3n) is 3.04. The first-order chi connectivity index (χ1) is 11.0. The van der Waals surface area contributed by atoms with Gasteiger partial charge < -0.3 is 4.90 Å². The zero-order valence-corrected chi connectivity index (χ0v) is 13.5. The molecule has 0 saturated carbocycles. The van der Waals surface area contributed by atoms with Crippen molar-refractivity contribution in [1.29, 1.82) is 5.26 Å². The van der Waals surface area contributed by atoms with E-state index in [1.807, 2.05) is 12.1 Å². The Bertz CT molecular complexity index is 799. The third-order valence-corrected chi connectivity index (χ3v) is 3.79. The lowest BCUT2D eigenvalue weighted by Crippen LogP contribution is -2.38. The van der Waals surface area contributed by atoms with Crippen LogP contribution >= 0.6 is 23.2 Å². The molecule has 2 rings (SSSR count). The molecule has 1 aromatic heterocycles. The second-order valence-electron chi connectivity index (χ2n) is 4.56. The van der Waals surface area contributed by atoms with Crippen LogP contribution in [0.15, 0.2) is 41.3 Å². The van der Waals surface area contributed by atoms with Gasteiger partial charge in [0, 0.05) is 12.2 Å². The minimum absolute atomic E-state index is 0.0322. The van der Waals surface area contributed by atoms with Crippen molar-refractivity contribution >= 4 is 34.8 Å². The normalized spacial score (nSPS) is 10.1. The molecule has 0 spiro atoms. The van der Waals surface area contributed by atoms with E-state index in [1.165, 1.54) is 11.1 Å². The Morgan fingerprint density at radius 2 is 2.00 bits per heavy atom. The maximum atomic E-state index is 12.5. The number of rotatable bonds is 5. The number of anilines is 1. The Morgan fingerprint density at radius 3 is 2.65 bits per heavy atom. The number of para-hydroxylation sites is 1. The van der Waals surface area contributed by atoms with Gasteiger partial charge in [0.1, 0.15) is 11.6 Å². The van der Waals surface area contributed by atoms with Crippen LogP contribution in [0, 0.1) is 11.3 Å². The van der Waals surface area contributed by atoms with Crippen LogP contribution in [0.1, 0.15) is 6.42 Å². The molecule has 0 aliphatic rings. The van der Waals surface area contributed by atoms with E-state index in [4.69, 9.17) is 28.5 Å². The van der Waals surface area contributed by atoms with Gasteiger partial charge in [-0.3, -0.25) is 9.59 Å². The van der Waals surface area contributed by atoms with Crippen molar-refractivity contribution in [1.82, 2.24) is 9.78 Å². The summed E-state index contributed by atoms with van der Waals surface area (Å²) in [5.74, 6) is -0.376. The van der Waals surface area contributed by atoms with Crippen molar-refractivity contribution < 1.29 is 4.79 Å². The SMILES string of the molecule is N#CCCN(C(=O)Cn1ncc(Cl)c(Cl)c1=O)c1ccccc1. The topological polar surface area (TPSA) is 79.0 Å².